The lowest BCUT2D eigenvalue weighted by Crippen LogP contribution is -2.25. The summed E-state index contributed by atoms with van der Waals surface area (Å²) in [6.07, 6.45) is 1.54. The average Bonchev–Trinajstić information content (AvgIpc) is 2.37. The molecule has 5 heteroatoms. The molecule has 0 unspecified atom stereocenters. The topological polar surface area (TPSA) is 80.9 Å². The van der Waals surface area contributed by atoms with Crippen molar-refractivity contribution in [3.05, 3.63) is 53.6 Å². The van der Waals surface area contributed by atoms with E-state index in [1.165, 1.54) is 6.20 Å². The molecule has 92 valence electrons. The number of amides is 1. The predicted molar refractivity (Wildman–Crippen MR) is 68.8 cm³/mol. The molecular weight excluding hydrogens is 228 g/mol. The fourth-order valence-corrected chi connectivity index (χ4v) is 1.56. The summed E-state index contributed by atoms with van der Waals surface area (Å²) in [5.74, 6) is -0.295. The number of aryl methyl sites for hydroxylation is 1. The Bertz CT molecular complexity index is 568. The van der Waals surface area contributed by atoms with E-state index in [4.69, 9.17) is 5.73 Å². The molecule has 0 saturated carbocycles. The zero-order chi connectivity index (χ0) is 13.0. The Labute approximate surface area is 105 Å². The first-order valence-electron chi connectivity index (χ1n) is 5.58. The van der Waals surface area contributed by atoms with Crippen molar-refractivity contribution in [1.82, 2.24) is 15.3 Å². The molecule has 0 aliphatic heterocycles. The third kappa shape index (κ3) is 2.82. The van der Waals surface area contributed by atoms with Gasteiger partial charge in [0.15, 0.2) is 5.69 Å². The van der Waals surface area contributed by atoms with E-state index in [9.17, 15) is 4.79 Å². The zero-order valence-corrected chi connectivity index (χ0v) is 10.1. The predicted octanol–water partition coefficient (Wildman–Crippen LogP) is 1.30. The number of carbonyl (C=O) groups excluding carboxylic acids is 1. The van der Waals surface area contributed by atoms with E-state index < -0.39 is 0 Å². The van der Waals surface area contributed by atoms with Gasteiger partial charge in [0.05, 0.1) is 17.9 Å². The van der Waals surface area contributed by atoms with Gasteiger partial charge in [-0.1, -0.05) is 6.07 Å². The molecule has 0 aliphatic rings. The van der Waals surface area contributed by atoms with E-state index >= 15 is 0 Å². The van der Waals surface area contributed by atoms with Crippen molar-refractivity contribution in [2.45, 2.75) is 13.5 Å². The van der Waals surface area contributed by atoms with Crippen molar-refractivity contribution in [2.24, 2.45) is 0 Å². The van der Waals surface area contributed by atoms with Crippen molar-refractivity contribution in [1.29, 1.82) is 0 Å². The fraction of sp³-hybridized carbons (Fsp3) is 0.154. The smallest absolute Gasteiger partial charge is 0.272 e. The summed E-state index contributed by atoms with van der Waals surface area (Å²) in [6, 6.07) is 9.00. The quantitative estimate of drug-likeness (QED) is 0.850. The van der Waals surface area contributed by atoms with Crippen LogP contribution in [-0.4, -0.2) is 15.9 Å². The molecule has 0 spiro atoms. The summed E-state index contributed by atoms with van der Waals surface area (Å²) in [5.41, 5.74) is 8.00. The van der Waals surface area contributed by atoms with Gasteiger partial charge < -0.3 is 11.1 Å². The molecular formula is C13H14N4O. The van der Waals surface area contributed by atoms with Crippen LogP contribution in [0.3, 0.4) is 0 Å². The molecule has 0 atom stereocenters. The monoisotopic (exact) mass is 242 g/mol. The van der Waals surface area contributed by atoms with Gasteiger partial charge in [-0.3, -0.25) is 9.78 Å². The number of hydrogen-bond acceptors (Lipinski definition) is 4. The summed E-state index contributed by atoms with van der Waals surface area (Å²) in [7, 11) is 0. The van der Waals surface area contributed by atoms with Gasteiger partial charge in [0.25, 0.3) is 5.91 Å². The lowest BCUT2D eigenvalue weighted by Gasteiger charge is -2.06. The maximum Gasteiger partial charge on any atom is 0.272 e. The molecule has 0 fully saturated rings. The molecule has 18 heavy (non-hydrogen) atoms. The van der Waals surface area contributed by atoms with Crippen LogP contribution in [-0.2, 0) is 6.54 Å². The Balaban J connectivity index is 2.03. The molecule has 0 saturated heterocycles. The van der Waals surface area contributed by atoms with Gasteiger partial charge in [-0.25, -0.2) is 4.98 Å². The molecule has 5 nitrogen and oxygen atoms in total. The van der Waals surface area contributed by atoms with E-state index in [1.54, 1.807) is 12.1 Å². The van der Waals surface area contributed by atoms with Crippen LogP contribution in [0.4, 0.5) is 5.69 Å². The SMILES string of the molecule is Cc1cccc(CNC(=O)c2ncccc2N)n1. The highest BCUT2D eigenvalue weighted by Gasteiger charge is 2.10. The standard InChI is InChI=1S/C13H14N4O/c1-9-4-2-5-10(17-9)8-16-13(18)12-11(14)6-3-7-15-12/h2-7H,8,14H2,1H3,(H,16,18). The second-order valence-electron chi connectivity index (χ2n) is 3.89. The number of nitrogen functional groups attached to an aromatic ring is 1. The summed E-state index contributed by atoms with van der Waals surface area (Å²) in [6.45, 7) is 2.26. The molecule has 3 N–H and O–H groups in total. The van der Waals surface area contributed by atoms with Crippen LogP contribution in [0.1, 0.15) is 21.9 Å². The van der Waals surface area contributed by atoms with E-state index in [-0.39, 0.29) is 11.6 Å². The Hall–Kier alpha value is -2.43. The van der Waals surface area contributed by atoms with Crippen LogP contribution < -0.4 is 11.1 Å². The maximum absolute atomic E-state index is 11.8. The number of pyridine rings is 2. The number of nitrogens with zero attached hydrogens (tertiary/aromatic N) is 2. The molecule has 2 aromatic rings. The zero-order valence-electron chi connectivity index (χ0n) is 10.1. The first-order valence-corrected chi connectivity index (χ1v) is 5.58. The van der Waals surface area contributed by atoms with Gasteiger partial charge in [0, 0.05) is 11.9 Å². The first-order chi connectivity index (χ1) is 8.66. The highest BCUT2D eigenvalue weighted by atomic mass is 16.1. The van der Waals surface area contributed by atoms with Gasteiger partial charge in [-0.2, -0.15) is 0 Å². The van der Waals surface area contributed by atoms with Crippen molar-refractivity contribution in [3.8, 4) is 0 Å². The van der Waals surface area contributed by atoms with Crippen LogP contribution in [0, 0.1) is 6.92 Å². The highest BCUT2D eigenvalue weighted by Crippen LogP contribution is 2.06. The molecule has 0 aromatic carbocycles. The largest absolute Gasteiger partial charge is 0.397 e. The van der Waals surface area contributed by atoms with Crippen molar-refractivity contribution in [3.63, 3.8) is 0 Å². The minimum absolute atomic E-state index is 0.241. The molecule has 0 bridgehead atoms. The normalized spacial score (nSPS) is 10.1. The summed E-state index contributed by atoms with van der Waals surface area (Å²) < 4.78 is 0. The number of rotatable bonds is 3. The van der Waals surface area contributed by atoms with Crippen LogP contribution in [0.25, 0.3) is 0 Å². The third-order valence-electron chi connectivity index (χ3n) is 2.43. The van der Waals surface area contributed by atoms with E-state index in [0.29, 0.717) is 12.2 Å². The Morgan fingerprint density at radius 2 is 2.17 bits per heavy atom. The van der Waals surface area contributed by atoms with Gasteiger partial charge in [0.1, 0.15) is 0 Å². The molecule has 2 aromatic heterocycles. The lowest BCUT2D eigenvalue weighted by atomic mass is 10.2. The second kappa shape index (κ2) is 5.27. The van der Waals surface area contributed by atoms with Crippen molar-refractivity contribution >= 4 is 11.6 Å². The van der Waals surface area contributed by atoms with E-state index in [0.717, 1.165) is 11.4 Å². The molecule has 2 rings (SSSR count). The van der Waals surface area contributed by atoms with Crippen LogP contribution in [0.2, 0.25) is 0 Å². The van der Waals surface area contributed by atoms with Gasteiger partial charge in [0.2, 0.25) is 0 Å². The Morgan fingerprint density at radius 3 is 2.89 bits per heavy atom. The fourth-order valence-electron chi connectivity index (χ4n) is 1.56. The minimum atomic E-state index is -0.295. The summed E-state index contributed by atoms with van der Waals surface area (Å²) >= 11 is 0. The lowest BCUT2D eigenvalue weighted by molar-refractivity contribution is 0.0946. The molecule has 0 radical (unpaired) electrons. The number of nitrogens with two attached hydrogens (primary N) is 1. The van der Waals surface area contributed by atoms with E-state index in [2.05, 4.69) is 15.3 Å². The number of aromatic nitrogens is 2. The number of nitrogens with one attached hydrogen (secondary N) is 1. The summed E-state index contributed by atoms with van der Waals surface area (Å²) in [4.78, 5) is 20.1. The van der Waals surface area contributed by atoms with Crippen LogP contribution in [0.5, 0.6) is 0 Å². The number of hydrogen-bond donors (Lipinski definition) is 2. The molecule has 0 aliphatic carbocycles. The van der Waals surface area contributed by atoms with Crippen LogP contribution >= 0.6 is 0 Å². The summed E-state index contributed by atoms with van der Waals surface area (Å²) in [5, 5.41) is 2.74. The highest BCUT2D eigenvalue weighted by molar-refractivity contribution is 5.96. The van der Waals surface area contributed by atoms with Gasteiger partial charge >= 0.3 is 0 Å². The minimum Gasteiger partial charge on any atom is -0.397 e. The molecule has 1 amide bonds. The van der Waals surface area contributed by atoms with Crippen molar-refractivity contribution < 1.29 is 4.79 Å². The number of carbonyl (C=O) groups is 1. The maximum atomic E-state index is 11.8. The number of anilines is 1. The van der Waals surface area contributed by atoms with E-state index in [1.807, 2.05) is 25.1 Å². The van der Waals surface area contributed by atoms with Crippen LogP contribution in [0.15, 0.2) is 36.5 Å². The van der Waals surface area contributed by atoms with Gasteiger partial charge in [-0.05, 0) is 31.2 Å². The van der Waals surface area contributed by atoms with Crippen molar-refractivity contribution in [2.75, 3.05) is 5.73 Å². The first kappa shape index (κ1) is 12.0. The Morgan fingerprint density at radius 1 is 1.33 bits per heavy atom. The van der Waals surface area contributed by atoms with Gasteiger partial charge in [-0.15, -0.1) is 0 Å². The Kier molecular flexibility index (Phi) is 3.52. The second-order valence-corrected chi connectivity index (χ2v) is 3.89. The average molecular weight is 242 g/mol. The molecule has 2 heterocycles. The third-order valence-corrected chi connectivity index (χ3v) is 2.43.